The zero-order valence-corrected chi connectivity index (χ0v) is 12.7. The summed E-state index contributed by atoms with van der Waals surface area (Å²) in [7, 11) is 0. The number of aryl methyl sites for hydroxylation is 2. The van der Waals surface area contributed by atoms with Crippen molar-refractivity contribution in [3.05, 3.63) is 52.3 Å². The van der Waals surface area contributed by atoms with Gasteiger partial charge in [0, 0.05) is 11.6 Å². The standard InChI is InChI=1S/C18H21N3O/c22-18(14-9-8-12-4-1-2-5-13(12)10-14)19-11-17-15-6-3-7-16(15)20-21-17/h1-2,4-5,14H,3,6-11H2,(H,19,22)(H,20,21)/t14-/m1/s1. The number of amides is 1. The predicted octanol–water partition coefficient (Wildman–Crippen LogP) is 2.32. The molecule has 0 unspecified atom stereocenters. The van der Waals surface area contributed by atoms with Gasteiger partial charge in [0.2, 0.25) is 5.91 Å². The Labute approximate surface area is 130 Å². The number of hydrogen-bond donors (Lipinski definition) is 2. The summed E-state index contributed by atoms with van der Waals surface area (Å²) in [5.74, 6) is 0.270. The molecule has 4 nitrogen and oxygen atoms in total. The fraction of sp³-hybridized carbons (Fsp3) is 0.444. The van der Waals surface area contributed by atoms with E-state index in [1.807, 2.05) is 0 Å². The Bertz CT molecular complexity index is 704. The van der Waals surface area contributed by atoms with Crippen LogP contribution in [-0.4, -0.2) is 16.1 Å². The van der Waals surface area contributed by atoms with Crippen molar-refractivity contribution in [2.75, 3.05) is 0 Å². The first kappa shape index (κ1) is 13.6. The third kappa shape index (κ3) is 2.43. The molecule has 1 aromatic carbocycles. The van der Waals surface area contributed by atoms with E-state index in [9.17, 15) is 4.79 Å². The van der Waals surface area contributed by atoms with Crippen molar-refractivity contribution < 1.29 is 4.79 Å². The quantitative estimate of drug-likeness (QED) is 0.913. The van der Waals surface area contributed by atoms with Crippen molar-refractivity contribution in [2.45, 2.75) is 45.1 Å². The molecular weight excluding hydrogens is 274 g/mol. The second-order valence-electron chi connectivity index (χ2n) is 6.41. The fourth-order valence-electron chi connectivity index (χ4n) is 3.77. The Kier molecular flexibility index (Phi) is 3.45. The molecule has 0 radical (unpaired) electrons. The van der Waals surface area contributed by atoms with Crippen LogP contribution < -0.4 is 5.32 Å². The molecule has 1 aromatic heterocycles. The summed E-state index contributed by atoms with van der Waals surface area (Å²) in [6.07, 6.45) is 6.20. The van der Waals surface area contributed by atoms with Gasteiger partial charge in [-0.15, -0.1) is 0 Å². The summed E-state index contributed by atoms with van der Waals surface area (Å²) in [5, 5.41) is 10.5. The summed E-state index contributed by atoms with van der Waals surface area (Å²) >= 11 is 0. The highest BCUT2D eigenvalue weighted by atomic mass is 16.1. The van der Waals surface area contributed by atoms with E-state index in [4.69, 9.17) is 0 Å². The van der Waals surface area contributed by atoms with Gasteiger partial charge in [-0.1, -0.05) is 24.3 Å². The first-order chi connectivity index (χ1) is 10.8. The van der Waals surface area contributed by atoms with Crippen molar-refractivity contribution in [1.29, 1.82) is 0 Å². The average molecular weight is 295 g/mol. The molecule has 1 heterocycles. The molecule has 4 rings (SSSR count). The van der Waals surface area contributed by atoms with Crippen LogP contribution in [0.4, 0.5) is 0 Å². The third-order valence-electron chi connectivity index (χ3n) is 5.04. The van der Waals surface area contributed by atoms with Crippen LogP contribution in [0.5, 0.6) is 0 Å². The van der Waals surface area contributed by atoms with Crippen LogP contribution in [0, 0.1) is 5.92 Å². The topological polar surface area (TPSA) is 57.8 Å². The van der Waals surface area contributed by atoms with Crippen molar-refractivity contribution >= 4 is 5.91 Å². The predicted molar refractivity (Wildman–Crippen MR) is 84.4 cm³/mol. The first-order valence-corrected chi connectivity index (χ1v) is 8.21. The van der Waals surface area contributed by atoms with Gasteiger partial charge in [-0.2, -0.15) is 5.10 Å². The molecule has 0 fully saturated rings. The summed E-state index contributed by atoms with van der Waals surface area (Å²) < 4.78 is 0. The Morgan fingerprint density at radius 3 is 3.00 bits per heavy atom. The van der Waals surface area contributed by atoms with Crippen LogP contribution in [0.3, 0.4) is 0 Å². The molecule has 0 bridgehead atoms. The van der Waals surface area contributed by atoms with Crippen molar-refractivity contribution in [1.82, 2.24) is 15.5 Å². The van der Waals surface area contributed by atoms with Crippen LogP contribution in [0.15, 0.2) is 24.3 Å². The van der Waals surface area contributed by atoms with Crippen LogP contribution in [0.2, 0.25) is 0 Å². The molecule has 114 valence electrons. The maximum Gasteiger partial charge on any atom is 0.223 e. The second-order valence-corrected chi connectivity index (χ2v) is 6.41. The number of aromatic amines is 1. The van der Waals surface area contributed by atoms with Gasteiger partial charge in [-0.05, 0) is 55.2 Å². The zero-order chi connectivity index (χ0) is 14.9. The number of H-pyrrole nitrogens is 1. The number of aromatic nitrogens is 2. The van der Waals surface area contributed by atoms with Crippen molar-refractivity contribution in [3.63, 3.8) is 0 Å². The minimum Gasteiger partial charge on any atom is -0.350 e. The SMILES string of the molecule is O=C(NCc1n[nH]c2c1CCC2)[C@@H]1CCc2ccccc2C1. The van der Waals surface area contributed by atoms with E-state index in [0.717, 1.165) is 37.8 Å². The minimum absolute atomic E-state index is 0.0990. The summed E-state index contributed by atoms with van der Waals surface area (Å²) in [6, 6.07) is 8.47. The summed E-state index contributed by atoms with van der Waals surface area (Å²) in [5.41, 5.74) is 6.34. The van der Waals surface area contributed by atoms with E-state index in [-0.39, 0.29) is 11.8 Å². The molecule has 0 spiro atoms. The molecule has 1 atom stereocenters. The molecular formula is C18H21N3O. The van der Waals surface area contributed by atoms with E-state index in [2.05, 4.69) is 39.8 Å². The zero-order valence-electron chi connectivity index (χ0n) is 12.7. The van der Waals surface area contributed by atoms with Gasteiger partial charge in [0.1, 0.15) is 0 Å². The second kappa shape index (κ2) is 5.59. The molecule has 1 amide bonds. The molecule has 4 heteroatoms. The van der Waals surface area contributed by atoms with Gasteiger partial charge >= 0.3 is 0 Å². The van der Waals surface area contributed by atoms with E-state index in [1.54, 1.807) is 0 Å². The lowest BCUT2D eigenvalue weighted by molar-refractivity contribution is -0.125. The van der Waals surface area contributed by atoms with E-state index in [1.165, 1.54) is 28.8 Å². The average Bonchev–Trinajstić information content (AvgIpc) is 3.16. The van der Waals surface area contributed by atoms with Crippen molar-refractivity contribution in [3.8, 4) is 0 Å². The number of benzene rings is 1. The molecule has 2 aliphatic rings. The van der Waals surface area contributed by atoms with E-state index >= 15 is 0 Å². The van der Waals surface area contributed by atoms with Gasteiger partial charge in [-0.3, -0.25) is 9.89 Å². The fourth-order valence-corrected chi connectivity index (χ4v) is 3.77. The Balaban J connectivity index is 1.39. The molecule has 2 N–H and O–H groups in total. The highest BCUT2D eigenvalue weighted by molar-refractivity contribution is 5.79. The molecule has 0 saturated heterocycles. The van der Waals surface area contributed by atoms with E-state index in [0.29, 0.717) is 6.54 Å². The summed E-state index contributed by atoms with van der Waals surface area (Å²) in [4.78, 5) is 12.5. The monoisotopic (exact) mass is 295 g/mol. The van der Waals surface area contributed by atoms with Crippen LogP contribution in [0.25, 0.3) is 0 Å². The Morgan fingerprint density at radius 2 is 2.09 bits per heavy atom. The largest absolute Gasteiger partial charge is 0.350 e. The first-order valence-electron chi connectivity index (χ1n) is 8.21. The normalized spacial score (nSPS) is 19.5. The molecule has 2 aromatic rings. The molecule has 0 saturated carbocycles. The van der Waals surface area contributed by atoms with Crippen LogP contribution in [0.1, 0.15) is 40.9 Å². The van der Waals surface area contributed by atoms with Crippen LogP contribution >= 0.6 is 0 Å². The van der Waals surface area contributed by atoms with E-state index < -0.39 is 0 Å². The lowest BCUT2D eigenvalue weighted by Gasteiger charge is -2.23. The van der Waals surface area contributed by atoms with Gasteiger partial charge in [0.05, 0.1) is 12.2 Å². The summed E-state index contributed by atoms with van der Waals surface area (Å²) in [6.45, 7) is 0.558. The number of rotatable bonds is 3. The minimum atomic E-state index is 0.0990. The Morgan fingerprint density at radius 1 is 1.23 bits per heavy atom. The lowest BCUT2D eigenvalue weighted by Crippen LogP contribution is -2.34. The maximum atomic E-state index is 12.5. The van der Waals surface area contributed by atoms with Crippen LogP contribution in [-0.2, 0) is 37.0 Å². The third-order valence-corrected chi connectivity index (χ3v) is 5.04. The Hall–Kier alpha value is -2.10. The number of nitrogens with one attached hydrogen (secondary N) is 2. The number of carbonyl (C=O) groups is 1. The van der Waals surface area contributed by atoms with Gasteiger partial charge in [-0.25, -0.2) is 0 Å². The molecule has 0 aliphatic heterocycles. The van der Waals surface area contributed by atoms with Gasteiger partial charge in [0.25, 0.3) is 0 Å². The lowest BCUT2D eigenvalue weighted by atomic mass is 9.83. The smallest absolute Gasteiger partial charge is 0.223 e. The van der Waals surface area contributed by atoms with Gasteiger partial charge < -0.3 is 5.32 Å². The number of fused-ring (bicyclic) bond motifs is 2. The number of nitrogens with zero attached hydrogens (tertiary/aromatic N) is 1. The number of hydrogen-bond acceptors (Lipinski definition) is 2. The highest BCUT2D eigenvalue weighted by Crippen LogP contribution is 2.26. The van der Waals surface area contributed by atoms with Crippen molar-refractivity contribution in [2.24, 2.45) is 5.92 Å². The number of carbonyl (C=O) groups excluding carboxylic acids is 1. The maximum absolute atomic E-state index is 12.5. The molecule has 2 aliphatic carbocycles. The highest BCUT2D eigenvalue weighted by Gasteiger charge is 2.25. The molecule has 22 heavy (non-hydrogen) atoms. The van der Waals surface area contributed by atoms with Gasteiger partial charge in [0.15, 0.2) is 0 Å².